The Kier molecular flexibility index (Phi) is 5.33. The maximum absolute atomic E-state index is 4.56. The zero-order valence-corrected chi connectivity index (χ0v) is 14.3. The van der Waals surface area contributed by atoms with Crippen molar-refractivity contribution in [2.75, 3.05) is 6.54 Å². The maximum atomic E-state index is 4.56. The van der Waals surface area contributed by atoms with Crippen LogP contribution in [0.15, 0.2) is 11.6 Å². The Balaban J connectivity index is 1.57. The van der Waals surface area contributed by atoms with Gasteiger partial charge >= 0.3 is 0 Å². The highest BCUT2D eigenvalue weighted by atomic mass is 32.1. The van der Waals surface area contributed by atoms with Gasteiger partial charge in [-0.15, -0.1) is 11.3 Å². The van der Waals surface area contributed by atoms with E-state index in [9.17, 15) is 0 Å². The molecule has 0 amide bonds. The van der Waals surface area contributed by atoms with Crippen molar-refractivity contribution in [3.05, 3.63) is 16.6 Å². The number of hydrogen-bond acceptors (Lipinski definition) is 3. The number of unbranched alkanes of at least 4 members (excludes halogenated alkanes) is 1. The smallest absolute Gasteiger partial charge is 0.0930 e. The van der Waals surface area contributed by atoms with Crippen molar-refractivity contribution in [2.45, 2.75) is 77.2 Å². The summed E-state index contributed by atoms with van der Waals surface area (Å²) in [5.41, 5.74) is 0.489. The summed E-state index contributed by atoms with van der Waals surface area (Å²) in [6, 6.07) is 0.830. The van der Waals surface area contributed by atoms with Gasteiger partial charge in [0, 0.05) is 30.6 Å². The standard InChI is InChI=1S/C18H30N2S/c1-2-3-4-15-7-9-18(10-8-15,14-20-16-5-6-16)13-17-19-11-12-21-17/h11-12,15-16,20H,2-10,13-14H2,1H3. The number of nitrogens with one attached hydrogen (secondary N) is 1. The van der Waals surface area contributed by atoms with Gasteiger partial charge in [0.2, 0.25) is 0 Å². The van der Waals surface area contributed by atoms with Gasteiger partial charge in [-0.3, -0.25) is 0 Å². The van der Waals surface area contributed by atoms with Crippen molar-refractivity contribution in [3.63, 3.8) is 0 Å². The summed E-state index contributed by atoms with van der Waals surface area (Å²) >= 11 is 1.84. The number of hydrogen-bond donors (Lipinski definition) is 1. The lowest BCUT2D eigenvalue weighted by Gasteiger charge is -2.40. The molecule has 118 valence electrons. The van der Waals surface area contributed by atoms with E-state index in [1.807, 2.05) is 17.5 Å². The predicted octanol–water partition coefficient (Wildman–Crippen LogP) is 4.80. The summed E-state index contributed by atoms with van der Waals surface area (Å²) in [5, 5.41) is 7.29. The number of thiazole rings is 1. The molecule has 0 atom stereocenters. The first-order valence-electron chi connectivity index (χ1n) is 8.91. The second-order valence-electron chi connectivity index (χ2n) is 7.34. The van der Waals surface area contributed by atoms with E-state index in [-0.39, 0.29) is 0 Å². The van der Waals surface area contributed by atoms with Gasteiger partial charge in [-0.2, -0.15) is 0 Å². The highest BCUT2D eigenvalue weighted by Gasteiger charge is 2.37. The van der Waals surface area contributed by atoms with Crippen LogP contribution < -0.4 is 5.32 Å². The molecule has 2 nitrogen and oxygen atoms in total. The zero-order valence-electron chi connectivity index (χ0n) is 13.4. The Hall–Kier alpha value is -0.410. The fraction of sp³-hybridized carbons (Fsp3) is 0.833. The molecule has 3 rings (SSSR count). The van der Waals surface area contributed by atoms with Crippen LogP contribution in [0.25, 0.3) is 0 Å². The minimum atomic E-state index is 0.489. The average Bonchev–Trinajstić information content (AvgIpc) is 3.21. The van der Waals surface area contributed by atoms with Crippen molar-refractivity contribution in [1.82, 2.24) is 10.3 Å². The van der Waals surface area contributed by atoms with Gasteiger partial charge in [0.25, 0.3) is 0 Å². The minimum Gasteiger partial charge on any atom is -0.313 e. The molecule has 0 saturated heterocycles. The third-order valence-corrected chi connectivity index (χ3v) is 6.26. The normalized spacial score (nSPS) is 29.7. The Labute approximate surface area is 133 Å². The minimum absolute atomic E-state index is 0.489. The predicted molar refractivity (Wildman–Crippen MR) is 90.8 cm³/mol. The molecule has 0 spiro atoms. The largest absolute Gasteiger partial charge is 0.313 e. The third kappa shape index (κ3) is 4.53. The second kappa shape index (κ2) is 7.23. The van der Waals surface area contributed by atoms with E-state index in [0.29, 0.717) is 5.41 Å². The Bertz CT molecular complexity index is 403. The van der Waals surface area contributed by atoms with Crippen LogP contribution in [0.1, 0.15) is 69.7 Å². The van der Waals surface area contributed by atoms with Gasteiger partial charge in [-0.25, -0.2) is 4.98 Å². The molecule has 2 aliphatic rings. The number of aromatic nitrogens is 1. The molecule has 1 aromatic heterocycles. The number of nitrogens with zero attached hydrogens (tertiary/aromatic N) is 1. The molecule has 0 bridgehead atoms. The fourth-order valence-electron chi connectivity index (χ4n) is 3.80. The Morgan fingerprint density at radius 3 is 2.71 bits per heavy atom. The van der Waals surface area contributed by atoms with E-state index in [4.69, 9.17) is 0 Å². The molecule has 1 aromatic rings. The molecule has 2 fully saturated rings. The molecular weight excluding hydrogens is 276 g/mol. The topological polar surface area (TPSA) is 24.9 Å². The van der Waals surface area contributed by atoms with Crippen LogP contribution in [0.5, 0.6) is 0 Å². The molecule has 3 heteroatoms. The van der Waals surface area contributed by atoms with Gasteiger partial charge in [0.1, 0.15) is 0 Å². The first-order chi connectivity index (χ1) is 10.3. The summed E-state index contributed by atoms with van der Waals surface area (Å²) in [4.78, 5) is 4.56. The zero-order chi connectivity index (χ0) is 14.5. The van der Waals surface area contributed by atoms with Crippen LogP contribution in [0, 0.1) is 11.3 Å². The SMILES string of the molecule is CCCCC1CCC(CNC2CC2)(Cc2nccs2)CC1. The lowest BCUT2D eigenvalue weighted by Crippen LogP contribution is -2.40. The monoisotopic (exact) mass is 306 g/mol. The molecule has 0 aromatic carbocycles. The van der Waals surface area contributed by atoms with E-state index in [1.165, 1.54) is 75.8 Å². The lowest BCUT2D eigenvalue weighted by atomic mass is 9.67. The summed E-state index contributed by atoms with van der Waals surface area (Å²) < 4.78 is 0. The first kappa shape index (κ1) is 15.5. The highest BCUT2D eigenvalue weighted by molar-refractivity contribution is 7.09. The molecule has 1 N–H and O–H groups in total. The van der Waals surface area contributed by atoms with Crippen LogP contribution in [0.3, 0.4) is 0 Å². The fourth-order valence-corrected chi connectivity index (χ4v) is 4.59. The summed E-state index contributed by atoms with van der Waals surface area (Å²) in [5.74, 6) is 0.996. The highest BCUT2D eigenvalue weighted by Crippen LogP contribution is 2.43. The molecule has 21 heavy (non-hydrogen) atoms. The van der Waals surface area contributed by atoms with E-state index < -0.39 is 0 Å². The molecule has 2 saturated carbocycles. The van der Waals surface area contributed by atoms with Gasteiger partial charge in [-0.1, -0.05) is 26.2 Å². The lowest BCUT2D eigenvalue weighted by molar-refractivity contribution is 0.137. The summed E-state index contributed by atoms with van der Waals surface area (Å²) in [6.07, 6.45) is 15.9. The van der Waals surface area contributed by atoms with E-state index in [0.717, 1.165) is 12.0 Å². The van der Waals surface area contributed by atoms with Crippen LogP contribution in [-0.2, 0) is 6.42 Å². The molecule has 0 radical (unpaired) electrons. The second-order valence-corrected chi connectivity index (χ2v) is 8.32. The van der Waals surface area contributed by atoms with Gasteiger partial charge in [0.05, 0.1) is 5.01 Å². The van der Waals surface area contributed by atoms with Crippen molar-refractivity contribution in [3.8, 4) is 0 Å². The van der Waals surface area contributed by atoms with Crippen molar-refractivity contribution < 1.29 is 0 Å². The van der Waals surface area contributed by atoms with Crippen LogP contribution in [-0.4, -0.2) is 17.6 Å². The van der Waals surface area contributed by atoms with Crippen LogP contribution >= 0.6 is 11.3 Å². The van der Waals surface area contributed by atoms with Gasteiger partial charge in [0.15, 0.2) is 0 Å². The van der Waals surface area contributed by atoms with Crippen LogP contribution in [0.4, 0.5) is 0 Å². The summed E-state index contributed by atoms with van der Waals surface area (Å²) in [6.45, 7) is 3.53. The maximum Gasteiger partial charge on any atom is 0.0930 e. The Morgan fingerprint density at radius 2 is 2.10 bits per heavy atom. The van der Waals surface area contributed by atoms with Crippen molar-refractivity contribution in [1.29, 1.82) is 0 Å². The molecule has 0 aliphatic heterocycles. The van der Waals surface area contributed by atoms with Gasteiger partial charge < -0.3 is 5.32 Å². The number of rotatable bonds is 8. The third-order valence-electron chi connectivity index (χ3n) is 5.48. The van der Waals surface area contributed by atoms with E-state index >= 15 is 0 Å². The van der Waals surface area contributed by atoms with Crippen molar-refractivity contribution >= 4 is 11.3 Å². The van der Waals surface area contributed by atoms with Crippen molar-refractivity contribution in [2.24, 2.45) is 11.3 Å². The average molecular weight is 307 g/mol. The molecule has 2 aliphatic carbocycles. The van der Waals surface area contributed by atoms with E-state index in [2.05, 4.69) is 22.6 Å². The first-order valence-corrected chi connectivity index (χ1v) is 9.79. The molecule has 0 unspecified atom stereocenters. The molecular formula is C18H30N2S. The Morgan fingerprint density at radius 1 is 1.29 bits per heavy atom. The van der Waals surface area contributed by atoms with E-state index in [1.54, 1.807) is 0 Å². The quantitative estimate of drug-likeness (QED) is 0.746. The van der Waals surface area contributed by atoms with Crippen LogP contribution in [0.2, 0.25) is 0 Å². The summed E-state index contributed by atoms with van der Waals surface area (Å²) in [7, 11) is 0. The molecule has 1 heterocycles. The van der Waals surface area contributed by atoms with Gasteiger partial charge in [-0.05, 0) is 49.9 Å².